The fourth-order valence-electron chi connectivity index (χ4n) is 3.17. The molecule has 3 nitrogen and oxygen atoms in total. The van der Waals surface area contributed by atoms with Crippen molar-refractivity contribution in [3.05, 3.63) is 35.4 Å². The van der Waals surface area contributed by atoms with E-state index in [-0.39, 0.29) is 0 Å². The zero-order chi connectivity index (χ0) is 13.2. The summed E-state index contributed by atoms with van der Waals surface area (Å²) in [6, 6.07) is 7.19. The van der Waals surface area contributed by atoms with E-state index in [1.54, 1.807) is 12.1 Å². The summed E-state index contributed by atoms with van der Waals surface area (Å²) >= 11 is 0. The van der Waals surface area contributed by atoms with Crippen molar-refractivity contribution in [2.24, 2.45) is 17.8 Å². The Morgan fingerprint density at radius 1 is 1.37 bits per heavy atom. The van der Waals surface area contributed by atoms with Crippen molar-refractivity contribution in [2.45, 2.75) is 32.2 Å². The topological polar surface area (TPSA) is 49.3 Å². The van der Waals surface area contributed by atoms with Gasteiger partial charge in [-0.3, -0.25) is 0 Å². The standard InChI is InChI=1S/C16H21NO2/c18-16(19)13-6-1-3-11(7-13)9-17-10-14-8-15(14)12-4-2-5-12/h1,3,6-7,12,14-15,17H,2,4-5,8-10H2,(H,18,19)/t14-,15-/m0/s1. The molecule has 0 bridgehead atoms. The molecule has 2 atom stereocenters. The van der Waals surface area contributed by atoms with Crippen molar-refractivity contribution in [1.82, 2.24) is 5.32 Å². The molecule has 0 heterocycles. The van der Waals surface area contributed by atoms with Crippen LogP contribution in [0.2, 0.25) is 0 Å². The van der Waals surface area contributed by atoms with Gasteiger partial charge in [0.05, 0.1) is 5.56 Å². The molecule has 2 N–H and O–H groups in total. The van der Waals surface area contributed by atoms with Gasteiger partial charge in [0.15, 0.2) is 0 Å². The van der Waals surface area contributed by atoms with E-state index in [2.05, 4.69) is 5.32 Å². The highest BCUT2D eigenvalue weighted by Gasteiger charge is 2.44. The second kappa shape index (κ2) is 5.33. The Balaban J connectivity index is 1.42. The number of nitrogens with one attached hydrogen (secondary N) is 1. The van der Waals surface area contributed by atoms with Crippen LogP contribution in [0.4, 0.5) is 0 Å². The van der Waals surface area contributed by atoms with Crippen molar-refractivity contribution in [2.75, 3.05) is 6.54 Å². The Bertz CT molecular complexity index is 468. The second-order valence-electron chi connectivity index (χ2n) is 5.99. The summed E-state index contributed by atoms with van der Waals surface area (Å²) in [5, 5.41) is 12.4. The zero-order valence-corrected chi connectivity index (χ0v) is 11.1. The average molecular weight is 259 g/mol. The van der Waals surface area contributed by atoms with Crippen LogP contribution >= 0.6 is 0 Å². The van der Waals surface area contributed by atoms with Gasteiger partial charge in [-0.2, -0.15) is 0 Å². The van der Waals surface area contributed by atoms with Crippen LogP contribution in [0, 0.1) is 17.8 Å². The molecule has 2 aliphatic carbocycles. The summed E-state index contributed by atoms with van der Waals surface area (Å²) in [7, 11) is 0. The van der Waals surface area contributed by atoms with Gasteiger partial charge in [0.25, 0.3) is 0 Å². The van der Waals surface area contributed by atoms with Gasteiger partial charge in [-0.15, -0.1) is 0 Å². The maximum Gasteiger partial charge on any atom is 0.335 e. The molecule has 102 valence electrons. The van der Waals surface area contributed by atoms with Crippen LogP contribution in [-0.2, 0) is 6.54 Å². The van der Waals surface area contributed by atoms with Crippen molar-refractivity contribution >= 4 is 5.97 Å². The van der Waals surface area contributed by atoms with E-state index < -0.39 is 5.97 Å². The molecule has 0 spiro atoms. The molecule has 0 aliphatic heterocycles. The Morgan fingerprint density at radius 2 is 2.21 bits per heavy atom. The van der Waals surface area contributed by atoms with E-state index in [1.165, 1.54) is 25.7 Å². The van der Waals surface area contributed by atoms with Crippen LogP contribution in [0.25, 0.3) is 0 Å². The predicted molar refractivity (Wildman–Crippen MR) is 74.0 cm³/mol. The van der Waals surface area contributed by atoms with Crippen molar-refractivity contribution in [3.63, 3.8) is 0 Å². The average Bonchev–Trinajstić information content (AvgIpc) is 3.06. The lowest BCUT2D eigenvalue weighted by Gasteiger charge is -2.25. The number of hydrogen-bond donors (Lipinski definition) is 2. The van der Waals surface area contributed by atoms with E-state index in [1.807, 2.05) is 12.1 Å². The molecule has 19 heavy (non-hydrogen) atoms. The number of aromatic carboxylic acids is 1. The lowest BCUT2D eigenvalue weighted by Crippen LogP contribution is -2.20. The molecule has 1 aromatic rings. The van der Waals surface area contributed by atoms with Gasteiger partial charge < -0.3 is 10.4 Å². The molecule has 0 amide bonds. The molecule has 0 radical (unpaired) electrons. The summed E-state index contributed by atoms with van der Waals surface area (Å²) in [4.78, 5) is 10.9. The van der Waals surface area contributed by atoms with Gasteiger partial charge in [0.2, 0.25) is 0 Å². The van der Waals surface area contributed by atoms with Gasteiger partial charge in [0.1, 0.15) is 0 Å². The lowest BCUT2D eigenvalue weighted by atomic mass is 9.81. The van der Waals surface area contributed by atoms with Crippen LogP contribution in [0.3, 0.4) is 0 Å². The normalized spacial score (nSPS) is 25.9. The first kappa shape index (κ1) is 12.7. The molecule has 2 aliphatic rings. The number of rotatable bonds is 6. The van der Waals surface area contributed by atoms with E-state index in [0.717, 1.165) is 36.4 Å². The number of carbonyl (C=O) groups is 1. The van der Waals surface area contributed by atoms with Crippen LogP contribution in [0.15, 0.2) is 24.3 Å². The molecule has 0 unspecified atom stereocenters. The minimum atomic E-state index is -0.853. The third kappa shape index (κ3) is 2.98. The number of benzene rings is 1. The SMILES string of the molecule is O=C(O)c1cccc(CNC[C@@H]2C[C@H]2C2CCC2)c1. The third-order valence-electron chi connectivity index (χ3n) is 4.64. The van der Waals surface area contributed by atoms with Crippen molar-refractivity contribution < 1.29 is 9.90 Å². The van der Waals surface area contributed by atoms with Crippen molar-refractivity contribution in [3.8, 4) is 0 Å². The van der Waals surface area contributed by atoms with Crippen LogP contribution in [0.1, 0.15) is 41.6 Å². The molecule has 3 heteroatoms. The smallest absolute Gasteiger partial charge is 0.335 e. The first-order chi connectivity index (χ1) is 9.24. The molecule has 2 fully saturated rings. The van der Waals surface area contributed by atoms with Gasteiger partial charge in [0, 0.05) is 6.54 Å². The fraction of sp³-hybridized carbons (Fsp3) is 0.562. The molecule has 0 aromatic heterocycles. The fourth-order valence-corrected chi connectivity index (χ4v) is 3.17. The molecule has 2 saturated carbocycles. The van der Waals surface area contributed by atoms with E-state index in [0.29, 0.717) is 5.56 Å². The largest absolute Gasteiger partial charge is 0.478 e. The van der Waals surface area contributed by atoms with E-state index in [9.17, 15) is 4.79 Å². The van der Waals surface area contributed by atoms with Crippen LogP contribution in [-0.4, -0.2) is 17.6 Å². The van der Waals surface area contributed by atoms with Gasteiger partial charge >= 0.3 is 5.97 Å². The molecular weight excluding hydrogens is 238 g/mol. The lowest BCUT2D eigenvalue weighted by molar-refractivity contribution is 0.0696. The minimum absolute atomic E-state index is 0.373. The Hall–Kier alpha value is -1.35. The third-order valence-corrected chi connectivity index (χ3v) is 4.64. The van der Waals surface area contributed by atoms with E-state index >= 15 is 0 Å². The quantitative estimate of drug-likeness (QED) is 0.826. The molecule has 1 aromatic carbocycles. The molecule has 3 rings (SSSR count). The zero-order valence-electron chi connectivity index (χ0n) is 11.1. The minimum Gasteiger partial charge on any atom is -0.478 e. The Kier molecular flexibility index (Phi) is 3.56. The first-order valence-corrected chi connectivity index (χ1v) is 7.27. The van der Waals surface area contributed by atoms with E-state index in [4.69, 9.17) is 5.11 Å². The van der Waals surface area contributed by atoms with Gasteiger partial charge in [-0.05, 0) is 48.4 Å². The highest BCUT2D eigenvalue weighted by Crippen LogP contribution is 2.51. The summed E-state index contributed by atoms with van der Waals surface area (Å²) < 4.78 is 0. The number of hydrogen-bond acceptors (Lipinski definition) is 2. The maximum atomic E-state index is 10.9. The number of carboxylic acid groups (broad SMARTS) is 1. The molecule has 0 saturated heterocycles. The Morgan fingerprint density at radius 3 is 2.89 bits per heavy atom. The highest BCUT2D eigenvalue weighted by atomic mass is 16.4. The predicted octanol–water partition coefficient (Wildman–Crippen LogP) is 2.91. The molecular formula is C16H21NO2. The second-order valence-corrected chi connectivity index (χ2v) is 5.99. The first-order valence-electron chi connectivity index (χ1n) is 7.27. The Labute approximate surface area is 114 Å². The summed E-state index contributed by atoms with van der Waals surface area (Å²) in [5.41, 5.74) is 1.43. The number of carboxylic acids is 1. The van der Waals surface area contributed by atoms with Crippen molar-refractivity contribution in [1.29, 1.82) is 0 Å². The monoisotopic (exact) mass is 259 g/mol. The summed E-state index contributed by atoms with van der Waals surface area (Å²) in [5.74, 6) is 2.01. The van der Waals surface area contributed by atoms with Gasteiger partial charge in [-0.25, -0.2) is 4.79 Å². The highest BCUT2D eigenvalue weighted by molar-refractivity contribution is 5.87. The maximum absolute atomic E-state index is 10.9. The van der Waals surface area contributed by atoms with Crippen LogP contribution in [0.5, 0.6) is 0 Å². The van der Waals surface area contributed by atoms with Crippen LogP contribution < -0.4 is 5.32 Å². The summed E-state index contributed by atoms with van der Waals surface area (Å²) in [6.07, 6.45) is 5.72. The van der Waals surface area contributed by atoms with Gasteiger partial charge in [-0.1, -0.05) is 31.4 Å². The summed E-state index contributed by atoms with van der Waals surface area (Å²) in [6.45, 7) is 1.85.